The molecule has 0 radical (unpaired) electrons. The van der Waals surface area contributed by atoms with Gasteiger partial charge < -0.3 is 19.3 Å². The molecule has 0 bridgehead atoms. The van der Waals surface area contributed by atoms with Crippen LogP contribution in [-0.4, -0.2) is 31.3 Å². The van der Waals surface area contributed by atoms with E-state index in [4.69, 9.17) is 19.3 Å². The summed E-state index contributed by atoms with van der Waals surface area (Å²) in [4.78, 5) is 21.9. The fraction of sp³-hybridized carbons (Fsp3) is 0.286. The molecule has 1 aromatic rings. The topological polar surface area (TPSA) is 82.1 Å². The molecule has 0 fully saturated rings. The summed E-state index contributed by atoms with van der Waals surface area (Å²) in [5.74, 6) is -0.806. The zero-order valence-corrected chi connectivity index (χ0v) is 11.7. The first-order valence-electron chi connectivity index (χ1n) is 5.75. The second-order valence-corrected chi connectivity index (χ2v) is 3.98. The standard InChI is InChI=1S/C14H16O6/c1-8(14(16)17)5-10-6-11(18-3)13(20-9(2)15)12(7-10)19-4/h5-7H,1-4H3,(H,16,17)/b8-5+. The normalized spacial score (nSPS) is 10.9. The van der Waals surface area contributed by atoms with Gasteiger partial charge >= 0.3 is 11.9 Å². The third kappa shape index (κ3) is 3.74. The van der Waals surface area contributed by atoms with E-state index in [1.165, 1.54) is 34.1 Å². The summed E-state index contributed by atoms with van der Waals surface area (Å²) in [6.45, 7) is 2.74. The summed E-state index contributed by atoms with van der Waals surface area (Å²) >= 11 is 0. The predicted molar refractivity (Wildman–Crippen MR) is 72.1 cm³/mol. The number of hydrogen-bond donors (Lipinski definition) is 1. The Bertz CT molecular complexity index is 534. The number of ether oxygens (including phenoxy) is 3. The van der Waals surface area contributed by atoms with Crippen molar-refractivity contribution in [1.29, 1.82) is 0 Å². The monoisotopic (exact) mass is 280 g/mol. The van der Waals surface area contributed by atoms with Gasteiger partial charge in [0.1, 0.15) is 0 Å². The first kappa shape index (κ1) is 15.6. The maximum Gasteiger partial charge on any atom is 0.331 e. The molecule has 1 aromatic carbocycles. The zero-order chi connectivity index (χ0) is 15.3. The van der Waals surface area contributed by atoms with Gasteiger partial charge in [-0.3, -0.25) is 4.79 Å². The molecule has 1 rings (SSSR count). The number of carbonyl (C=O) groups is 2. The average molecular weight is 280 g/mol. The highest BCUT2D eigenvalue weighted by molar-refractivity contribution is 5.91. The number of methoxy groups -OCH3 is 2. The third-order valence-corrected chi connectivity index (χ3v) is 2.45. The van der Waals surface area contributed by atoms with Crippen LogP contribution in [0.3, 0.4) is 0 Å². The van der Waals surface area contributed by atoms with Crippen molar-refractivity contribution in [2.24, 2.45) is 0 Å². The molecular weight excluding hydrogens is 264 g/mol. The van der Waals surface area contributed by atoms with Gasteiger partial charge in [-0.25, -0.2) is 4.79 Å². The maximum absolute atomic E-state index is 11.1. The fourth-order valence-corrected chi connectivity index (χ4v) is 1.54. The van der Waals surface area contributed by atoms with Gasteiger partial charge in [-0.2, -0.15) is 0 Å². The van der Waals surface area contributed by atoms with Gasteiger partial charge in [0.2, 0.25) is 5.75 Å². The highest BCUT2D eigenvalue weighted by Gasteiger charge is 2.16. The van der Waals surface area contributed by atoms with Crippen LogP contribution in [0.2, 0.25) is 0 Å². The van der Waals surface area contributed by atoms with Gasteiger partial charge in [-0.1, -0.05) is 0 Å². The number of carboxylic acids is 1. The first-order valence-corrected chi connectivity index (χ1v) is 5.75. The molecule has 0 spiro atoms. The molecule has 0 unspecified atom stereocenters. The Kier molecular flexibility index (Phi) is 5.14. The molecule has 1 N–H and O–H groups in total. The smallest absolute Gasteiger partial charge is 0.331 e. The third-order valence-electron chi connectivity index (χ3n) is 2.45. The van der Waals surface area contributed by atoms with Crippen LogP contribution in [0, 0.1) is 0 Å². The quantitative estimate of drug-likeness (QED) is 0.505. The Morgan fingerprint density at radius 2 is 1.60 bits per heavy atom. The Hall–Kier alpha value is -2.50. The van der Waals surface area contributed by atoms with Gasteiger partial charge in [0.05, 0.1) is 14.2 Å². The number of hydrogen-bond acceptors (Lipinski definition) is 5. The number of carboxylic acid groups (broad SMARTS) is 1. The SMILES string of the molecule is COc1cc(/C=C(\C)C(=O)O)cc(OC)c1OC(C)=O. The molecular formula is C14H16O6. The van der Waals surface area contributed by atoms with Gasteiger partial charge in [-0.05, 0) is 30.7 Å². The van der Waals surface area contributed by atoms with E-state index in [-0.39, 0.29) is 22.8 Å². The van der Waals surface area contributed by atoms with Crippen molar-refractivity contribution >= 4 is 18.0 Å². The highest BCUT2D eigenvalue weighted by atomic mass is 16.6. The molecule has 6 heteroatoms. The fourth-order valence-electron chi connectivity index (χ4n) is 1.54. The molecule has 20 heavy (non-hydrogen) atoms. The number of esters is 1. The van der Waals surface area contributed by atoms with Gasteiger partial charge in [0.25, 0.3) is 0 Å². The summed E-state index contributed by atoms with van der Waals surface area (Å²) in [6, 6.07) is 3.13. The lowest BCUT2D eigenvalue weighted by Crippen LogP contribution is -2.05. The van der Waals surface area contributed by atoms with Gasteiger partial charge in [-0.15, -0.1) is 0 Å². The van der Waals surface area contributed by atoms with Crippen molar-refractivity contribution in [3.05, 3.63) is 23.3 Å². The molecule has 108 valence electrons. The Labute approximate surface area is 116 Å². The van der Waals surface area contributed by atoms with Crippen molar-refractivity contribution in [2.75, 3.05) is 14.2 Å². The molecule has 0 atom stereocenters. The Morgan fingerprint density at radius 3 is 1.95 bits per heavy atom. The maximum atomic E-state index is 11.1. The van der Waals surface area contributed by atoms with Crippen molar-refractivity contribution in [1.82, 2.24) is 0 Å². The Balaban J connectivity index is 3.35. The van der Waals surface area contributed by atoms with Crippen LogP contribution >= 0.6 is 0 Å². The molecule has 0 aromatic heterocycles. The van der Waals surface area contributed by atoms with Crippen LogP contribution in [0.25, 0.3) is 6.08 Å². The largest absolute Gasteiger partial charge is 0.493 e. The average Bonchev–Trinajstić information content (AvgIpc) is 2.39. The molecule has 0 amide bonds. The van der Waals surface area contributed by atoms with E-state index in [0.29, 0.717) is 5.56 Å². The lowest BCUT2D eigenvalue weighted by molar-refractivity contribution is -0.133. The summed E-state index contributed by atoms with van der Waals surface area (Å²) < 4.78 is 15.3. The van der Waals surface area contributed by atoms with Gasteiger partial charge in [0, 0.05) is 12.5 Å². The van der Waals surface area contributed by atoms with Crippen LogP contribution < -0.4 is 14.2 Å². The van der Waals surface area contributed by atoms with E-state index in [1.807, 2.05) is 0 Å². The van der Waals surface area contributed by atoms with Crippen molar-refractivity contribution in [3.63, 3.8) is 0 Å². The summed E-state index contributed by atoms with van der Waals surface area (Å²) in [5, 5.41) is 8.87. The van der Waals surface area contributed by atoms with E-state index < -0.39 is 11.9 Å². The second-order valence-electron chi connectivity index (χ2n) is 3.98. The molecule has 6 nitrogen and oxygen atoms in total. The number of benzene rings is 1. The van der Waals surface area contributed by atoms with E-state index in [2.05, 4.69) is 0 Å². The molecule has 0 heterocycles. The number of rotatable bonds is 5. The molecule has 0 saturated carbocycles. The summed E-state index contributed by atoms with van der Waals surface area (Å²) in [5.41, 5.74) is 0.726. The number of carbonyl (C=O) groups excluding carboxylic acids is 1. The van der Waals surface area contributed by atoms with Crippen LogP contribution in [0.4, 0.5) is 0 Å². The molecule has 0 saturated heterocycles. The zero-order valence-electron chi connectivity index (χ0n) is 11.7. The van der Waals surface area contributed by atoms with Crippen LogP contribution in [0.15, 0.2) is 17.7 Å². The molecule has 0 aliphatic carbocycles. The Morgan fingerprint density at radius 1 is 1.10 bits per heavy atom. The highest BCUT2D eigenvalue weighted by Crippen LogP contribution is 2.39. The first-order chi connectivity index (χ1) is 9.38. The lowest BCUT2D eigenvalue weighted by Gasteiger charge is -2.13. The minimum absolute atomic E-state index is 0.160. The summed E-state index contributed by atoms with van der Waals surface area (Å²) in [7, 11) is 2.83. The predicted octanol–water partition coefficient (Wildman–Crippen LogP) is 2.12. The van der Waals surface area contributed by atoms with Crippen molar-refractivity contribution in [3.8, 4) is 17.2 Å². The van der Waals surface area contributed by atoms with E-state index >= 15 is 0 Å². The van der Waals surface area contributed by atoms with E-state index in [0.717, 1.165) is 0 Å². The van der Waals surface area contributed by atoms with E-state index in [1.54, 1.807) is 12.1 Å². The minimum Gasteiger partial charge on any atom is -0.493 e. The lowest BCUT2D eigenvalue weighted by atomic mass is 10.1. The van der Waals surface area contributed by atoms with E-state index in [9.17, 15) is 9.59 Å². The van der Waals surface area contributed by atoms with Crippen LogP contribution in [0.1, 0.15) is 19.4 Å². The minimum atomic E-state index is -1.02. The molecule has 0 aliphatic heterocycles. The summed E-state index contributed by atoms with van der Waals surface area (Å²) in [6.07, 6.45) is 1.46. The van der Waals surface area contributed by atoms with Gasteiger partial charge in [0.15, 0.2) is 11.5 Å². The van der Waals surface area contributed by atoms with Crippen molar-refractivity contribution in [2.45, 2.75) is 13.8 Å². The van der Waals surface area contributed by atoms with Crippen LogP contribution in [0.5, 0.6) is 17.2 Å². The van der Waals surface area contributed by atoms with Crippen molar-refractivity contribution < 1.29 is 28.9 Å². The molecule has 0 aliphatic rings. The second kappa shape index (κ2) is 6.60. The van der Waals surface area contributed by atoms with Crippen LogP contribution in [-0.2, 0) is 9.59 Å². The number of aliphatic carboxylic acids is 1.